The zero-order valence-corrected chi connectivity index (χ0v) is 26.4. The third-order valence-corrected chi connectivity index (χ3v) is 9.17. The van der Waals surface area contributed by atoms with Crippen molar-refractivity contribution in [2.75, 3.05) is 10.8 Å². The molecule has 0 fully saturated rings. The molecule has 3 rings (SSSR count). The number of aryl methyl sites for hydroxylation is 1. The summed E-state index contributed by atoms with van der Waals surface area (Å²) in [5.74, 6) is -0.805. The molecule has 0 spiro atoms. The average molecular weight is 679 g/mol. The number of halogens is 2. The summed E-state index contributed by atoms with van der Waals surface area (Å²) < 4.78 is 30.3. The molecule has 0 radical (unpaired) electrons. The van der Waals surface area contributed by atoms with Gasteiger partial charge >= 0.3 is 0 Å². The Morgan fingerprint density at radius 1 is 0.923 bits per heavy atom. The molecule has 0 aromatic heterocycles. The number of anilines is 1. The standard InChI is InChI=1S/C29H33Br2N3O4S/c1-5-21(3)32-29(36)22(4)33(18-23-8-6-9-24(30)16-23)28(35)19-34(26-11-7-10-25(31)17-26)39(37,38)27-14-12-20(2)13-15-27/h6-17,21-22H,5,18-19H2,1-4H3,(H,32,36)/t21-,22+/m1/s1. The van der Waals surface area contributed by atoms with E-state index in [0.717, 1.165) is 26.3 Å². The molecule has 208 valence electrons. The Kier molecular flexibility index (Phi) is 10.7. The van der Waals surface area contributed by atoms with Gasteiger partial charge in [-0.25, -0.2) is 8.42 Å². The van der Waals surface area contributed by atoms with Crippen LogP contribution in [0, 0.1) is 6.92 Å². The van der Waals surface area contributed by atoms with Gasteiger partial charge in [-0.1, -0.05) is 74.7 Å². The lowest BCUT2D eigenvalue weighted by Gasteiger charge is -2.32. The van der Waals surface area contributed by atoms with Crippen molar-refractivity contribution in [1.82, 2.24) is 10.2 Å². The largest absolute Gasteiger partial charge is 0.352 e. The predicted octanol–water partition coefficient (Wildman–Crippen LogP) is 6.05. The molecule has 3 aromatic carbocycles. The van der Waals surface area contributed by atoms with Crippen molar-refractivity contribution in [2.45, 2.75) is 57.6 Å². The number of carbonyl (C=O) groups excluding carboxylic acids is 2. The molecule has 2 amide bonds. The van der Waals surface area contributed by atoms with E-state index < -0.39 is 28.5 Å². The van der Waals surface area contributed by atoms with E-state index in [2.05, 4.69) is 37.2 Å². The van der Waals surface area contributed by atoms with Crippen LogP contribution in [0.15, 0.2) is 86.6 Å². The van der Waals surface area contributed by atoms with Crippen LogP contribution in [-0.2, 0) is 26.2 Å². The van der Waals surface area contributed by atoms with Crippen molar-refractivity contribution in [3.8, 4) is 0 Å². The van der Waals surface area contributed by atoms with Crippen LogP contribution in [0.5, 0.6) is 0 Å². The highest BCUT2D eigenvalue weighted by Gasteiger charge is 2.32. The number of benzene rings is 3. The molecular weight excluding hydrogens is 646 g/mol. The third-order valence-electron chi connectivity index (χ3n) is 6.39. The number of nitrogens with zero attached hydrogens (tertiary/aromatic N) is 2. The summed E-state index contributed by atoms with van der Waals surface area (Å²) in [6.07, 6.45) is 0.740. The van der Waals surface area contributed by atoms with Crippen LogP contribution < -0.4 is 9.62 Å². The first-order valence-electron chi connectivity index (χ1n) is 12.6. The molecule has 7 nitrogen and oxygen atoms in total. The number of rotatable bonds is 11. The van der Waals surface area contributed by atoms with Crippen LogP contribution in [0.1, 0.15) is 38.3 Å². The minimum absolute atomic E-state index is 0.0668. The summed E-state index contributed by atoms with van der Waals surface area (Å²) in [5.41, 5.74) is 2.05. The van der Waals surface area contributed by atoms with Gasteiger partial charge in [0, 0.05) is 21.5 Å². The lowest BCUT2D eigenvalue weighted by molar-refractivity contribution is -0.139. The highest BCUT2D eigenvalue weighted by atomic mass is 79.9. The zero-order valence-electron chi connectivity index (χ0n) is 22.4. The Hall–Kier alpha value is -2.69. The molecule has 0 bridgehead atoms. The molecule has 0 saturated carbocycles. The summed E-state index contributed by atoms with van der Waals surface area (Å²) in [5, 5.41) is 2.94. The Labute approximate surface area is 247 Å². The van der Waals surface area contributed by atoms with Gasteiger partial charge in [-0.3, -0.25) is 13.9 Å². The Morgan fingerprint density at radius 2 is 1.54 bits per heavy atom. The molecule has 0 saturated heterocycles. The Morgan fingerprint density at radius 3 is 2.13 bits per heavy atom. The van der Waals surface area contributed by atoms with Crippen LogP contribution in [0.2, 0.25) is 0 Å². The summed E-state index contributed by atoms with van der Waals surface area (Å²) in [6.45, 7) is 7.04. The van der Waals surface area contributed by atoms with E-state index in [1.807, 2.05) is 45.0 Å². The van der Waals surface area contributed by atoms with E-state index in [-0.39, 0.29) is 23.4 Å². The summed E-state index contributed by atoms with van der Waals surface area (Å²) >= 11 is 6.86. The lowest BCUT2D eigenvalue weighted by atomic mass is 10.1. The Balaban J connectivity index is 2.03. The number of hydrogen-bond donors (Lipinski definition) is 1. The van der Waals surface area contributed by atoms with Gasteiger partial charge in [-0.2, -0.15) is 0 Å². The first-order chi connectivity index (χ1) is 18.4. The lowest BCUT2D eigenvalue weighted by Crippen LogP contribution is -2.52. The second kappa shape index (κ2) is 13.6. The van der Waals surface area contributed by atoms with Gasteiger partial charge in [0.1, 0.15) is 12.6 Å². The van der Waals surface area contributed by atoms with Crippen LogP contribution in [0.25, 0.3) is 0 Å². The zero-order chi connectivity index (χ0) is 28.7. The van der Waals surface area contributed by atoms with E-state index in [1.54, 1.807) is 43.3 Å². The third kappa shape index (κ3) is 8.16. The fourth-order valence-electron chi connectivity index (χ4n) is 3.88. The van der Waals surface area contributed by atoms with Crippen molar-refractivity contribution in [3.63, 3.8) is 0 Å². The monoisotopic (exact) mass is 677 g/mol. The van der Waals surface area contributed by atoms with Crippen molar-refractivity contribution in [3.05, 3.63) is 92.9 Å². The van der Waals surface area contributed by atoms with Gasteiger partial charge in [0.25, 0.3) is 10.0 Å². The van der Waals surface area contributed by atoms with Crippen molar-refractivity contribution >= 4 is 59.4 Å². The van der Waals surface area contributed by atoms with E-state index in [4.69, 9.17) is 0 Å². The highest BCUT2D eigenvalue weighted by Crippen LogP contribution is 2.27. The molecule has 10 heteroatoms. The maximum atomic E-state index is 14.0. The molecular formula is C29H33Br2N3O4S. The van der Waals surface area contributed by atoms with Crippen molar-refractivity contribution < 1.29 is 18.0 Å². The second-order valence-corrected chi connectivity index (χ2v) is 13.1. The van der Waals surface area contributed by atoms with E-state index in [1.165, 1.54) is 17.0 Å². The SMILES string of the molecule is CC[C@@H](C)NC(=O)[C@H](C)N(Cc1cccc(Br)c1)C(=O)CN(c1cccc(Br)c1)S(=O)(=O)c1ccc(C)cc1. The molecule has 0 aliphatic heterocycles. The van der Waals surface area contributed by atoms with Crippen LogP contribution in [0.3, 0.4) is 0 Å². The molecule has 0 unspecified atom stereocenters. The molecule has 0 heterocycles. The Bertz CT molecular complexity index is 1410. The number of carbonyl (C=O) groups is 2. The average Bonchev–Trinajstić information content (AvgIpc) is 2.89. The van der Waals surface area contributed by atoms with Gasteiger partial charge in [0.2, 0.25) is 11.8 Å². The molecule has 1 N–H and O–H groups in total. The first-order valence-corrected chi connectivity index (χ1v) is 15.6. The summed E-state index contributed by atoms with van der Waals surface area (Å²) in [7, 11) is -4.11. The second-order valence-electron chi connectivity index (χ2n) is 9.45. The summed E-state index contributed by atoms with van der Waals surface area (Å²) in [4.78, 5) is 28.6. The number of hydrogen-bond acceptors (Lipinski definition) is 4. The van der Waals surface area contributed by atoms with Gasteiger partial charge in [-0.15, -0.1) is 0 Å². The van der Waals surface area contributed by atoms with Gasteiger partial charge in [-0.05, 0) is 75.2 Å². The van der Waals surface area contributed by atoms with Crippen LogP contribution in [-0.4, -0.2) is 43.8 Å². The smallest absolute Gasteiger partial charge is 0.264 e. The fraction of sp³-hybridized carbons (Fsp3) is 0.310. The molecule has 0 aliphatic carbocycles. The van der Waals surface area contributed by atoms with Gasteiger partial charge in [0.05, 0.1) is 10.6 Å². The molecule has 39 heavy (non-hydrogen) atoms. The number of sulfonamides is 1. The van der Waals surface area contributed by atoms with Gasteiger partial charge in [0.15, 0.2) is 0 Å². The van der Waals surface area contributed by atoms with Crippen molar-refractivity contribution in [2.24, 2.45) is 0 Å². The van der Waals surface area contributed by atoms with Crippen LogP contribution >= 0.6 is 31.9 Å². The topological polar surface area (TPSA) is 86.8 Å². The van der Waals surface area contributed by atoms with Crippen LogP contribution in [0.4, 0.5) is 5.69 Å². The summed E-state index contributed by atoms with van der Waals surface area (Å²) in [6, 6.07) is 19.8. The highest BCUT2D eigenvalue weighted by molar-refractivity contribution is 9.10. The normalized spacial score (nSPS) is 12.9. The minimum Gasteiger partial charge on any atom is -0.352 e. The molecule has 3 aromatic rings. The van der Waals surface area contributed by atoms with E-state index in [0.29, 0.717) is 10.2 Å². The quantitative estimate of drug-likeness (QED) is 0.268. The van der Waals surface area contributed by atoms with E-state index >= 15 is 0 Å². The number of amides is 2. The fourth-order valence-corrected chi connectivity index (χ4v) is 6.12. The van der Waals surface area contributed by atoms with Gasteiger partial charge < -0.3 is 10.2 Å². The number of nitrogens with one attached hydrogen (secondary N) is 1. The molecule has 2 atom stereocenters. The predicted molar refractivity (Wildman–Crippen MR) is 162 cm³/mol. The van der Waals surface area contributed by atoms with Crippen molar-refractivity contribution in [1.29, 1.82) is 0 Å². The van der Waals surface area contributed by atoms with E-state index in [9.17, 15) is 18.0 Å². The molecule has 0 aliphatic rings. The first kappa shape index (κ1) is 30.8. The minimum atomic E-state index is -4.11. The maximum Gasteiger partial charge on any atom is 0.264 e. The maximum absolute atomic E-state index is 14.0.